The predicted molar refractivity (Wildman–Crippen MR) is 117 cm³/mol. The summed E-state index contributed by atoms with van der Waals surface area (Å²) < 4.78 is 11.4. The summed E-state index contributed by atoms with van der Waals surface area (Å²) >= 11 is 0. The molecule has 6 N–H and O–H groups in total. The van der Waals surface area contributed by atoms with E-state index in [1.807, 2.05) is 12.3 Å². The highest BCUT2D eigenvalue weighted by atomic mass is 16.5. The zero-order valence-electron chi connectivity index (χ0n) is 16.6. The molecule has 0 spiro atoms. The molecule has 0 fully saturated rings. The van der Waals surface area contributed by atoms with Crippen LogP contribution in [0.25, 0.3) is 0 Å². The highest BCUT2D eigenvalue weighted by molar-refractivity contribution is 5.98. The van der Waals surface area contributed by atoms with Crippen LogP contribution in [0.1, 0.15) is 22.7 Å². The largest absolute Gasteiger partial charge is 0.489 e. The number of nitrogens with zero attached hydrogens (tertiary/aromatic N) is 4. The van der Waals surface area contributed by atoms with Crippen LogP contribution in [0, 0.1) is 22.8 Å². The third-order valence-electron chi connectivity index (χ3n) is 4.36. The third kappa shape index (κ3) is 4.18. The number of nitrogen functional groups attached to an aromatic ring is 2. The number of nitrogens with one attached hydrogen (secondary N) is 2. The third-order valence-corrected chi connectivity index (χ3v) is 4.36. The number of pyridine rings is 1. The maximum atomic E-state index is 9.46. The molecular weight excluding hydrogens is 396 g/mol. The van der Waals surface area contributed by atoms with Crippen molar-refractivity contribution in [2.75, 3.05) is 30.0 Å². The summed E-state index contributed by atoms with van der Waals surface area (Å²) in [5, 5.41) is 23.8. The Labute approximate surface area is 179 Å². The first-order valence-corrected chi connectivity index (χ1v) is 9.14. The van der Waals surface area contributed by atoms with E-state index in [2.05, 4.69) is 33.8 Å². The number of ether oxygens (including phenoxy) is 2. The Morgan fingerprint density at radius 3 is 2.61 bits per heavy atom. The molecule has 31 heavy (non-hydrogen) atoms. The summed E-state index contributed by atoms with van der Waals surface area (Å²) in [7, 11) is 0. The number of hydrogen-bond donors (Lipinski definition) is 4. The number of fused-ring (bicyclic) bond motifs is 1. The van der Waals surface area contributed by atoms with Crippen molar-refractivity contribution in [3.8, 4) is 23.8 Å². The van der Waals surface area contributed by atoms with Gasteiger partial charge in [-0.05, 0) is 12.1 Å². The Bertz CT molecular complexity index is 1140. The number of hydrogen-bond acceptors (Lipinski definition) is 10. The molecule has 1 aliphatic heterocycles. The molecular formula is C21H20N8O2. The Kier molecular flexibility index (Phi) is 6.24. The number of guanidine groups is 1. The second-order valence-corrected chi connectivity index (χ2v) is 6.30. The molecule has 0 aliphatic carbocycles. The van der Waals surface area contributed by atoms with Crippen molar-refractivity contribution in [1.82, 2.24) is 10.3 Å². The lowest BCUT2D eigenvalue weighted by atomic mass is 9.94. The van der Waals surface area contributed by atoms with Crippen LogP contribution in [-0.2, 0) is 0 Å². The van der Waals surface area contributed by atoms with Crippen LogP contribution in [-0.4, -0.2) is 24.2 Å². The molecule has 1 atom stereocenters. The molecule has 2 heterocycles. The van der Waals surface area contributed by atoms with Gasteiger partial charge in [0.15, 0.2) is 6.19 Å². The smallest absolute Gasteiger partial charge is 0.211 e. The maximum Gasteiger partial charge on any atom is 0.211 e. The molecule has 1 aliphatic rings. The van der Waals surface area contributed by atoms with Crippen molar-refractivity contribution in [3.63, 3.8) is 0 Å². The summed E-state index contributed by atoms with van der Waals surface area (Å²) in [5.74, 6) is 1.44. The standard InChI is InChI=1S/C21H20N8O2/c1-3-7-30-12-5-6-13(15(9-12)31-8-4-2)18-16-17(24)14(10-22)19(25)28-20(16)29-21(27-18)26-11-23/h3-6,9,18H,1-2,7-8H2,(H6,24,25,26,27,28,29). The number of aromatic nitrogens is 1. The zero-order valence-corrected chi connectivity index (χ0v) is 16.6. The molecule has 10 heteroatoms. The topological polar surface area (TPSA) is 167 Å². The monoisotopic (exact) mass is 416 g/mol. The van der Waals surface area contributed by atoms with Crippen LogP contribution in [0.15, 0.2) is 48.5 Å². The number of rotatable bonds is 7. The fourth-order valence-electron chi connectivity index (χ4n) is 3.07. The van der Waals surface area contributed by atoms with Gasteiger partial charge in [-0.1, -0.05) is 25.3 Å². The number of anilines is 3. The van der Waals surface area contributed by atoms with Gasteiger partial charge < -0.3 is 26.3 Å². The molecule has 0 bridgehead atoms. The Morgan fingerprint density at radius 2 is 1.94 bits per heavy atom. The van der Waals surface area contributed by atoms with Crippen LogP contribution < -0.4 is 31.6 Å². The van der Waals surface area contributed by atoms with Gasteiger partial charge in [-0.25, -0.2) is 9.98 Å². The lowest BCUT2D eigenvalue weighted by Crippen LogP contribution is -2.32. The summed E-state index contributed by atoms with van der Waals surface area (Å²) in [5.41, 5.74) is 13.4. The Morgan fingerprint density at radius 1 is 1.19 bits per heavy atom. The van der Waals surface area contributed by atoms with Gasteiger partial charge in [0.25, 0.3) is 0 Å². The Balaban J connectivity index is 2.21. The van der Waals surface area contributed by atoms with E-state index in [0.717, 1.165) is 0 Å². The minimum atomic E-state index is -0.736. The summed E-state index contributed by atoms with van der Waals surface area (Å²) in [6, 6.07) is 6.47. The SMILES string of the molecule is C=CCOc1ccc(C2N=C(NC#N)Nc3nc(N)c(C#N)c(N)c32)c(OCC=C)c1. The molecule has 156 valence electrons. The van der Waals surface area contributed by atoms with E-state index in [4.69, 9.17) is 26.2 Å². The minimum Gasteiger partial charge on any atom is -0.489 e. The number of nitriles is 2. The molecule has 1 unspecified atom stereocenters. The van der Waals surface area contributed by atoms with Gasteiger partial charge in [-0.15, -0.1) is 0 Å². The van der Waals surface area contributed by atoms with Gasteiger partial charge in [0.05, 0.1) is 5.69 Å². The van der Waals surface area contributed by atoms with E-state index < -0.39 is 6.04 Å². The van der Waals surface area contributed by atoms with Crippen LogP contribution in [0.4, 0.5) is 17.3 Å². The maximum absolute atomic E-state index is 9.46. The Hall–Kier alpha value is -4.70. The van der Waals surface area contributed by atoms with Crippen molar-refractivity contribution in [3.05, 3.63) is 60.2 Å². The van der Waals surface area contributed by atoms with Crippen LogP contribution in [0.5, 0.6) is 11.5 Å². The van der Waals surface area contributed by atoms with Crippen molar-refractivity contribution in [2.45, 2.75) is 6.04 Å². The van der Waals surface area contributed by atoms with Crippen molar-refractivity contribution < 1.29 is 9.47 Å². The fourth-order valence-corrected chi connectivity index (χ4v) is 3.07. The second-order valence-electron chi connectivity index (χ2n) is 6.30. The quantitative estimate of drug-likeness (QED) is 0.300. The van der Waals surface area contributed by atoms with E-state index in [9.17, 15) is 5.26 Å². The van der Waals surface area contributed by atoms with Crippen molar-refractivity contribution in [2.24, 2.45) is 4.99 Å². The summed E-state index contributed by atoms with van der Waals surface area (Å²) in [4.78, 5) is 8.79. The summed E-state index contributed by atoms with van der Waals surface area (Å²) in [6.07, 6.45) is 5.05. The molecule has 2 aromatic rings. The van der Waals surface area contributed by atoms with Crippen molar-refractivity contribution >= 4 is 23.3 Å². The lowest BCUT2D eigenvalue weighted by Gasteiger charge is -2.27. The van der Waals surface area contributed by atoms with Crippen LogP contribution >= 0.6 is 0 Å². The highest BCUT2D eigenvalue weighted by Crippen LogP contribution is 2.44. The number of aliphatic imine (C=N–C) groups is 1. The molecule has 0 amide bonds. The number of nitrogens with two attached hydrogens (primary N) is 2. The fraction of sp³-hybridized carbons (Fsp3) is 0.143. The predicted octanol–water partition coefficient (Wildman–Crippen LogP) is 2.19. The van der Waals surface area contributed by atoms with Gasteiger partial charge in [-0.2, -0.15) is 10.5 Å². The number of benzene rings is 1. The van der Waals surface area contributed by atoms with Crippen LogP contribution in [0.3, 0.4) is 0 Å². The van der Waals surface area contributed by atoms with Gasteiger partial charge >= 0.3 is 0 Å². The van der Waals surface area contributed by atoms with E-state index in [-0.39, 0.29) is 35.5 Å². The minimum absolute atomic E-state index is 0.0282. The molecule has 0 saturated heterocycles. The lowest BCUT2D eigenvalue weighted by molar-refractivity contribution is 0.341. The first-order valence-electron chi connectivity index (χ1n) is 9.14. The first kappa shape index (κ1) is 21.0. The first-order chi connectivity index (χ1) is 15.0. The van der Waals surface area contributed by atoms with Gasteiger partial charge in [0.1, 0.15) is 54.0 Å². The van der Waals surface area contributed by atoms with Crippen molar-refractivity contribution in [1.29, 1.82) is 10.5 Å². The van der Waals surface area contributed by atoms with E-state index in [0.29, 0.717) is 29.2 Å². The molecule has 1 aromatic carbocycles. The average Bonchev–Trinajstić information content (AvgIpc) is 2.76. The molecule has 10 nitrogen and oxygen atoms in total. The van der Waals surface area contributed by atoms with Gasteiger partial charge in [0, 0.05) is 17.2 Å². The molecule has 1 aromatic heterocycles. The highest BCUT2D eigenvalue weighted by Gasteiger charge is 2.31. The molecule has 0 saturated carbocycles. The van der Waals surface area contributed by atoms with E-state index >= 15 is 0 Å². The molecule has 3 rings (SSSR count). The average molecular weight is 416 g/mol. The van der Waals surface area contributed by atoms with E-state index in [1.54, 1.807) is 30.4 Å². The second kappa shape index (κ2) is 9.20. The van der Waals surface area contributed by atoms with Gasteiger partial charge in [-0.3, -0.25) is 5.32 Å². The van der Waals surface area contributed by atoms with Gasteiger partial charge in [0.2, 0.25) is 5.96 Å². The van der Waals surface area contributed by atoms with Crippen LogP contribution in [0.2, 0.25) is 0 Å². The summed E-state index contributed by atoms with van der Waals surface area (Å²) in [6.45, 7) is 7.88. The van der Waals surface area contributed by atoms with E-state index in [1.165, 1.54) is 0 Å². The molecule has 0 radical (unpaired) electrons. The zero-order chi connectivity index (χ0) is 22.4. The normalized spacial score (nSPS) is 14.0.